The molecule has 92 valence electrons. The summed E-state index contributed by atoms with van der Waals surface area (Å²) in [6.45, 7) is 8.34. The lowest BCUT2D eigenvalue weighted by Gasteiger charge is -2.40. The number of allylic oxidation sites excluding steroid dienone is 1. The van der Waals surface area contributed by atoms with E-state index in [4.69, 9.17) is 9.47 Å². The Morgan fingerprint density at radius 3 is 2.53 bits per heavy atom. The second kappa shape index (κ2) is 5.37. The summed E-state index contributed by atoms with van der Waals surface area (Å²) in [5.41, 5.74) is 1.52. The number of hydrogen-bond donors (Lipinski definition) is 0. The number of rotatable bonds is 6. The van der Waals surface area contributed by atoms with Crippen LogP contribution < -0.4 is 4.74 Å². The fourth-order valence-electron chi connectivity index (χ4n) is 1.91. The molecule has 0 radical (unpaired) electrons. The summed E-state index contributed by atoms with van der Waals surface area (Å²) in [5.74, 6) is 0.942. The Labute approximate surface area is 103 Å². The van der Waals surface area contributed by atoms with Gasteiger partial charge in [0.1, 0.15) is 5.75 Å². The van der Waals surface area contributed by atoms with Gasteiger partial charge in [-0.2, -0.15) is 0 Å². The summed E-state index contributed by atoms with van der Waals surface area (Å²) in [5, 5.41) is 0. The van der Waals surface area contributed by atoms with Crippen LogP contribution in [0.1, 0.15) is 18.9 Å². The first-order valence-electron chi connectivity index (χ1n) is 6.18. The molecule has 1 aromatic rings. The minimum Gasteiger partial charge on any atom is -0.493 e. The topological polar surface area (TPSA) is 18.5 Å². The van der Waals surface area contributed by atoms with Crippen LogP contribution in [-0.2, 0) is 11.2 Å². The summed E-state index contributed by atoms with van der Waals surface area (Å²) in [6, 6.07) is 8.24. The molecule has 0 aliphatic carbocycles. The Morgan fingerprint density at radius 1 is 1.35 bits per heavy atom. The van der Waals surface area contributed by atoms with Crippen LogP contribution in [0.2, 0.25) is 0 Å². The van der Waals surface area contributed by atoms with Crippen LogP contribution in [0.4, 0.5) is 0 Å². The second-order valence-electron chi connectivity index (χ2n) is 4.77. The molecule has 1 heterocycles. The van der Waals surface area contributed by atoms with Crippen LogP contribution in [0.3, 0.4) is 0 Å². The highest BCUT2D eigenvalue weighted by Gasteiger charge is 2.37. The fraction of sp³-hybridized carbons (Fsp3) is 0.467. The Kier molecular flexibility index (Phi) is 3.85. The van der Waals surface area contributed by atoms with E-state index in [0.717, 1.165) is 38.4 Å². The molecule has 17 heavy (non-hydrogen) atoms. The molecule has 0 saturated carbocycles. The second-order valence-corrected chi connectivity index (χ2v) is 4.77. The molecular weight excluding hydrogens is 212 g/mol. The van der Waals surface area contributed by atoms with Crippen molar-refractivity contribution in [2.75, 3.05) is 19.8 Å². The first kappa shape index (κ1) is 12.2. The van der Waals surface area contributed by atoms with Crippen LogP contribution in [-0.4, -0.2) is 19.8 Å². The van der Waals surface area contributed by atoms with Gasteiger partial charge in [0.25, 0.3) is 0 Å². The average Bonchev–Trinajstić information content (AvgIpc) is 2.31. The minimum absolute atomic E-state index is 0.250. The molecule has 2 rings (SSSR count). The van der Waals surface area contributed by atoms with E-state index in [9.17, 15) is 0 Å². The Bertz CT molecular complexity index is 358. The fourth-order valence-corrected chi connectivity index (χ4v) is 1.91. The molecule has 0 unspecified atom stereocenters. The zero-order chi connectivity index (χ0) is 12.1. The third kappa shape index (κ3) is 2.89. The standard InChI is InChI=1S/C15H20O2/c1-3-5-13-6-8-14(9-7-13)17-12-15(4-2)10-16-11-15/h3,6-9H,1,4-5,10-12H2,2H3. The quantitative estimate of drug-likeness (QED) is 0.701. The van der Waals surface area contributed by atoms with Gasteiger partial charge in [-0.05, 0) is 30.5 Å². The summed E-state index contributed by atoms with van der Waals surface area (Å²) in [7, 11) is 0. The first-order valence-corrected chi connectivity index (χ1v) is 6.18. The van der Waals surface area contributed by atoms with Crippen LogP contribution in [0.15, 0.2) is 36.9 Å². The molecule has 1 aliphatic rings. The van der Waals surface area contributed by atoms with E-state index in [0.29, 0.717) is 0 Å². The van der Waals surface area contributed by atoms with E-state index in [1.165, 1.54) is 5.56 Å². The van der Waals surface area contributed by atoms with E-state index in [-0.39, 0.29) is 5.41 Å². The van der Waals surface area contributed by atoms with Crippen molar-refractivity contribution in [1.29, 1.82) is 0 Å². The van der Waals surface area contributed by atoms with Gasteiger partial charge in [-0.1, -0.05) is 25.1 Å². The van der Waals surface area contributed by atoms with Crippen molar-refractivity contribution in [3.8, 4) is 5.75 Å². The van der Waals surface area contributed by atoms with E-state index in [1.54, 1.807) is 0 Å². The summed E-state index contributed by atoms with van der Waals surface area (Å²) in [4.78, 5) is 0. The van der Waals surface area contributed by atoms with Crippen molar-refractivity contribution >= 4 is 0 Å². The number of ether oxygens (including phenoxy) is 2. The molecule has 1 aliphatic heterocycles. The van der Waals surface area contributed by atoms with E-state index in [1.807, 2.05) is 18.2 Å². The van der Waals surface area contributed by atoms with Gasteiger partial charge in [0.05, 0.1) is 25.2 Å². The van der Waals surface area contributed by atoms with Crippen molar-refractivity contribution in [1.82, 2.24) is 0 Å². The van der Waals surface area contributed by atoms with Gasteiger partial charge in [0.15, 0.2) is 0 Å². The van der Waals surface area contributed by atoms with Crippen LogP contribution in [0.5, 0.6) is 5.75 Å². The van der Waals surface area contributed by atoms with Crippen molar-refractivity contribution in [3.05, 3.63) is 42.5 Å². The lowest BCUT2D eigenvalue weighted by Crippen LogP contribution is -2.46. The Morgan fingerprint density at radius 2 is 2.06 bits per heavy atom. The highest BCUT2D eigenvalue weighted by Crippen LogP contribution is 2.31. The molecule has 0 atom stereocenters. The molecule has 0 N–H and O–H groups in total. The van der Waals surface area contributed by atoms with E-state index < -0.39 is 0 Å². The number of hydrogen-bond acceptors (Lipinski definition) is 2. The first-order chi connectivity index (χ1) is 8.28. The van der Waals surface area contributed by atoms with Gasteiger partial charge in [0.2, 0.25) is 0 Å². The van der Waals surface area contributed by atoms with Crippen LogP contribution in [0, 0.1) is 5.41 Å². The molecule has 0 amide bonds. The maximum atomic E-state index is 5.83. The van der Waals surface area contributed by atoms with E-state index in [2.05, 4.69) is 25.6 Å². The molecule has 1 saturated heterocycles. The highest BCUT2D eigenvalue weighted by molar-refractivity contribution is 5.28. The molecule has 0 bridgehead atoms. The smallest absolute Gasteiger partial charge is 0.119 e. The predicted molar refractivity (Wildman–Crippen MR) is 69.4 cm³/mol. The van der Waals surface area contributed by atoms with Gasteiger partial charge < -0.3 is 9.47 Å². The van der Waals surface area contributed by atoms with Crippen LogP contribution in [0.25, 0.3) is 0 Å². The Balaban J connectivity index is 1.88. The zero-order valence-corrected chi connectivity index (χ0v) is 10.4. The highest BCUT2D eigenvalue weighted by atomic mass is 16.5. The molecule has 2 nitrogen and oxygen atoms in total. The SMILES string of the molecule is C=CCc1ccc(OCC2(CC)COC2)cc1. The third-order valence-corrected chi connectivity index (χ3v) is 3.41. The average molecular weight is 232 g/mol. The van der Waals surface area contributed by atoms with Crippen molar-refractivity contribution in [2.24, 2.45) is 5.41 Å². The molecule has 2 heteroatoms. The van der Waals surface area contributed by atoms with Gasteiger partial charge in [-0.3, -0.25) is 0 Å². The lowest BCUT2D eigenvalue weighted by atomic mass is 9.84. The van der Waals surface area contributed by atoms with Crippen molar-refractivity contribution in [2.45, 2.75) is 19.8 Å². The summed E-state index contributed by atoms with van der Waals surface area (Å²) in [6.07, 6.45) is 3.93. The summed E-state index contributed by atoms with van der Waals surface area (Å²) < 4.78 is 11.1. The third-order valence-electron chi connectivity index (χ3n) is 3.41. The van der Waals surface area contributed by atoms with Crippen LogP contribution >= 0.6 is 0 Å². The molecule has 0 spiro atoms. The minimum atomic E-state index is 0.250. The normalized spacial score (nSPS) is 17.2. The van der Waals surface area contributed by atoms with Crippen molar-refractivity contribution < 1.29 is 9.47 Å². The van der Waals surface area contributed by atoms with E-state index >= 15 is 0 Å². The van der Waals surface area contributed by atoms with Gasteiger partial charge in [0, 0.05) is 0 Å². The Hall–Kier alpha value is -1.28. The maximum absolute atomic E-state index is 5.83. The maximum Gasteiger partial charge on any atom is 0.119 e. The zero-order valence-electron chi connectivity index (χ0n) is 10.4. The lowest BCUT2D eigenvalue weighted by molar-refractivity contribution is -0.133. The number of benzene rings is 1. The molecule has 1 fully saturated rings. The summed E-state index contributed by atoms with van der Waals surface area (Å²) >= 11 is 0. The monoisotopic (exact) mass is 232 g/mol. The largest absolute Gasteiger partial charge is 0.493 e. The van der Waals surface area contributed by atoms with Crippen molar-refractivity contribution in [3.63, 3.8) is 0 Å². The van der Waals surface area contributed by atoms with Gasteiger partial charge in [-0.15, -0.1) is 6.58 Å². The molecular formula is C15H20O2. The molecule has 1 aromatic carbocycles. The van der Waals surface area contributed by atoms with Gasteiger partial charge >= 0.3 is 0 Å². The van der Waals surface area contributed by atoms with Gasteiger partial charge in [-0.25, -0.2) is 0 Å². The predicted octanol–water partition coefficient (Wildman–Crippen LogP) is 3.22. The molecule has 0 aromatic heterocycles.